The zero-order chi connectivity index (χ0) is 13.9. The fourth-order valence-electron chi connectivity index (χ4n) is 3.93. The van der Waals surface area contributed by atoms with Crippen molar-refractivity contribution >= 4 is 17.3 Å². The van der Waals surface area contributed by atoms with Crippen LogP contribution >= 0.6 is 11.6 Å². The minimum atomic E-state index is 0.473. The lowest BCUT2D eigenvalue weighted by Gasteiger charge is -2.32. The van der Waals surface area contributed by atoms with Gasteiger partial charge in [-0.2, -0.15) is 5.26 Å². The van der Waals surface area contributed by atoms with E-state index in [0.29, 0.717) is 11.9 Å². The van der Waals surface area contributed by atoms with Crippen LogP contribution in [0.1, 0.15) is 49.7 Å². The molecule has 1 aliphatic heterocycles. The zero-order valence-electron chi connectivity index (χ0n) is 11.8. The Kier molecular flexibility index (Phi) is 4.17. The van der Waals surface area contributed by atoms with Crippen LogP contribution in [0.25, 0.3) is 0 Å². The van der Waals surface area contributed by atoms with Crippen molar-refractivity contribution in [3.63, 3.8) is 0 Å². The molecule has 1 heterocycles. The average Bonchev–Trinajstić information content (AvgIpc) is 3.16. The van der Waals surface area contributed by atoms with Gasteiger partial charge >= 0.3 is 0 Å². The molecule has 1 aliphatic carbocycles. The first kappa shape index (κ1) is 13.8. The van der Waals surface area contributed by atoms with Crippen molar-refractivity contribution in [3.05, 3.63) is 29.3 Å². The number of nitrogens with zero attached hydrogens (tertiary/aromatic N) is 2. The maximum Gasteiger partial charge on any atom is 0.101 e. The highest BCUT2D eigenvalue weighted by atomic mass is 35.5. The van der Waals surface area contributed by atoms with Crippen molar-refractivity contribution in [2.45, 2.75) is 50.4 Å². The zero-order valence-corrected chi connectivity index (χ0v) is 12.6. The van der Waals surface area contributed by atoms with Gasteiger partial charge in [0.05, 0.1) is 11.3 Å². The Hall–Kier alpha value is -1.20. The predicted octanol–water partition coefficient (Wildman–Crippen LogP) is 4.46. The van der Waals surface area contributed by atoms with Gasteiger partial charge in [0, 0.05) is 18.5 Å². The van der Waals surface area contributed by atoms with Gasteiger partial charge in [-0.1, -0.05) is 18.9 Å². The molecular weight excluding hydrogens is 268 g/mol. The van der Waals surface area contributed by atoms with Crippen LogP contribution in [0.4, 0.5) is 5.69 Å². The van der Waals surface area contributed by atoms with E-state index in [1.54, 1.807) is 0 Å². The van der Waals surface area contributed by atoms with E-state index in [1.807, 2.05) is 6.07 Å². The summed E-state index contributed by atoms with van der Waals surface area (Å²) in [6.45, 7) is 1.09. The highest BCUT2D eigenvalue weighted by Crippen LogP contribution is 2.38. The number of alkyl halides is 1. The largest absolute Gasteiger partial charge is 0.367 e. The summed E-state index contributed by atoms with van der Waals surface area (Å²) in [6, 6.07) is 9.12. The number of anilines is 1. The first-order valence-electron chi connectivity index (χ1n) is 7.69. The van der Waals surface area contributed by atoms with Crippen LogP contribution in [0.5, 0.6) is 0 Å². The standard InChI is InChI=1S/C17H21ClN2/c18-11-13-7-8-17(15(10-13)12-19)20-9-3-6-16(20)14-4-1-2-5-14/h7-8,10,14,16H,1-6,9,11H2. The number of hydrogen-bond acceptors (Lipinski definition) is 2. The molecule has 2 nitrogen and oxygen atoms in total. The molecule has 2 fully saturated rings. The van der Waals surface area contributed by atoms with Crippen molar-refractivity contribution in [2.24, 2.45) is 5.92 Å². The van der Waals surface area contributed by atoms with Crippen LogP contribution in [0.15, 0.2) is 18.2 Å². The van der Waals surface area contributed by atoms with Gasteiger partial charge in [0.2, 0.25) is 0 Å². The molecule has 0 aromatic heterocycles. The lowest BCUT2D eigenvalue weighted by molar-refractivity contribution is 0.430. The van der Waals surface area contributed by atoms with Crippen LogP contribution < -0.4 is 4.90 Å². The first-order chi connectivity index (χ1) is 9.83. The van der Waals surface area contributed by atoms with E-state index in [9.17, 15) is 5.26 Å². The van der Waals surface area contributed by atoms with Crippen LogP contribution in [0.3, 0.4) is 0 Å². The summed E-state index contributed by atoms with van der Waals surface area (Å²) in [4.78, 5) is 2.49. The molecule has 1 aromatic rings. The number of nitriles is 1. The highest BCUT2D eigenvalue weighted by molar-refractivity contribution is 6.17. The molecule has 1 unspecified atom stereocenters. The summed E-state index contributed by atoms with van der Waals surface area (Å²) < 4.78 is 0. The molecule has 1 saturated carbocycles. The molecule has 0 radical (unpaired) electrons. The molecule has 1 aromatic carbocycles. The number of halogens is 1. The molecule has 0 bridgehead atoms. The van der Waals surface area contributed by atoms with E-state index in [2.05, 4.69) is 23.1 Å². The van der Waals surface area contributed by atoms with E-state index < -0.39 is 0 Å². The van der Waals surface area contributed by atoms with Gasteiger partial charge in [0.1, 0.15) is 6.07 Å². The second kappa shape index (κ2) is 6.06. The molecule has 20 heavy (non-hydrogen) atoms. The summed E-state index contributed by atoms with van der Waals surface area (Å²) in [7, 11) is 0. The molecule has 2 aliphatic rings. The van der Waals surface area contributed by atoms with Crippen LogP contribution in [-0.2, 0) is 5.88 Å². The van der Waals surface area contributed by atoms with Crippen LogP contribution in [-0.4, -0.2) is 12.6 Å². The molecule has 106 valence electrons. The Bertz CT molecular complexity index is 514. The van der Waals surface area contributed by atoms with Gasteiger partial charge < -0.3 is 4.90 Å². The quantitative estimate of drug-likeness (QED) is 0.768. The minimum absolute atomic E-state index is 0.473. The predicted molar refractivity (Wildman–Crippen MR) is 83.0 cm³/mol. The molecule has 0 amide bonds. The SMILES string of the molecule is N#Cc1cc(CCl)ccc1N1CCCC1C1CCCC1. The monoisotopic (exact) mass is 288 g/mol. The Morgan fingerprint density at radius 1 is 1.20 bits per heavy atom. The molecule has 3 rings (SSSR count). The van der Waals surface area contributed by atoms with Crippen molar-refractivity contribution in [1.82, 2.24) is 0 Å². The molecule has 1 atom stereocenters. The van der Waals surface area contributed by atoms with Gasteiger partial charge in [-0.15, -0.1) is 11.6 Å². The third-order valence-electron chi connectivity index (χ3n) is 4.89. The van der Waals surface area contributed by atoms with Crippen molar-refractivity contribution < 1.29 is 0 Å². The van der Waals surface area contributed by atoms with Gasteiger partial charge in [-0.25, -0.2) is 0 Å². The molecular formula is C17H21ClN2. The summed E-state index contributed by atoms with van der Waals surface area (Å²) in [5.41, 5.74) is 2.94. The Morgan fingerprint density at radius 3 is 2.70 bits per heavy atom. The van der Waals surface area contributed by atoms with Crippen LogP contribution in [0, 0.1) is 17.2 Å². The third-order valence-corrected chi connectivity index (χ3v) is 5.20. The Morgan fingerprint density at radius 2 is 2.00 bits per heavy atom. The van der Waals surface area contributed by atoms with Gasteiger partial charge in [-0.3, -0.25) is 0 Å². The summed E-state index contributed by atoms with van der Waals surface area (Å²) in [6.07, 6.45) is 8.03. The lowest BCUT2D eigenvalue weighted by Crippen LogP contribution is -2.35. The fraction of sp³-hybridized carbons (Fsp3) is 0.588. The number of benzene rings is 1. The van der Waals surface area contributed by atoms with Gasteiger partial charge in [-0.05, 0) is 49.3 Å². The fourth-order valence-corrected chi connectivity index (χ4v) is 4.10. The number of rotatable bonds is 3. The second-order valence-corrected chi connectivity index (χ2v) is 6.31. The van der Waals surface area contributed by atoms with E-state index in [-0.39, 0.29) is 0 Å². The van der Waals surface area contributed by atoms with E-state index in [4.69, 9.17) is 11.6 Å². The summed E-state index contributed by atoms with van der Waals surface area (Å²) in [5, 5.41) is 9.43. The molecule has 1 saturated heterocycles. The molecule has 0 spiro atoms. The van der Waals surface area contributed by atoms with E-state index in [0.717, 1.165) is 29.3 Å². The van der Waals surface area contributed by atoms with Crippen molar-refractivity contribution in [3.8, 4) is 6.07 Å². The first-order valence-corrected chi connectivity index (χ1v) is 8.22. The summed E-state index contributed by atoms with van der Waals surface area (Å²) in [5.74, 6) is 1.30. The molecule has 0 N–H and O–H groups in total. The topological polar surface area (TPSA) is 27.0 Å². The molecule has 3 heteroatoms. The minimum Gasteiger partial charge on any atom is -0.367 e. The lowest BCUT2D eigenvalue weighted by atomic mass is 9.95. The normalized spacial score (nSPS) is 23.2. The van der Waals surface area contributed by atoms with E-state index >= 15 is 0 Å². The van der Waals surface area contributed by atoms with Crippen molar-refractivity contribution in [2.75, 3.05) is 11.4 Å². The second-order valence-electron chi connectivity index (χ2n) is 6.04. The Labute approximate surface area is 126 Å². The smallest absolute Gasteiger partial charge is 0.101 e. The highest BCUT2D eigenvalue weighted by Gasteiger charge is 2.34. The third kappa shape index (κ3) is 2.52. The van der Waals surface area contributed by atoms with Crippen molar-refractivity contribution in [1.29, 1.82) is 5.26 Å². The average molecular weight is 289 g/mol. The maximum atomic E-state index is 9.43. The Balaban J connectivity index is 1.89. The van der Waals surface area contributed by atoms with E-state index in [1.165, 1.54) is 38.5 Å². The summed E-state index contributed by atoms with van der Waals surface area (Å²) >= 11 is 5.88. The maximum absolute atomic E-state index is 9.43. The van der Waals surface area contributed by atoms with Gasteiger partial charge in [0.25, 0.3) is 0 Å². The van der Waals surface area contributed by atoms with Gasteiger partial charge in [0.15, 0.2) is 0 Å². The number of hydrogen-bond donors (Lipinski definition) is 0. The van der Waals surface area contributed by atoms with Crippen LogP contribution in [0.2, 0.25) is 0 Å².